The Morgan fingerprint density at radius 3 is 2.62 bits per heavy atom. The molecule has 0 fully saturated rings. The second kappa shape index (κ2) is 6.48. The Morgan fingerprint density at radius 1 is 1.33 bits per heavy atom. The van der Waals surface area contributed by atoms with Gasteiger partial charge in [0.15, 0.2) is 0 Å². The molecule has 7 heteroatoms. The molecule has 1 heterocycles. The SMILES string of the molecule is CC(C)N(Cc1cccs1)S(=O)(=O)c1cc(N)ccc1Br. The molecule has 4 nitrogen and oxygen atoms in total. The molecule has 0 spiro atoms. The van der Waals surface area contributed by atoms with E-state index in [2.05, 4.69) is 15.9 Å². The largest absolute Gasteiger partial charge is 0.399 e. The minimum Gasteiger partial charge on any atom is -0.399 e. The lowest BCUT2D eigenvalue weighted by molar-refractivity contribution is 0.350. The van der Waals surface area contributed by atoms with Crippen LogP contribution in [-0.2, 0) is 16.6 Å². The lowest BCUT2D eigenvalue weighted by atomic mass is 10.3. The fraction of sp³-hybridized carbons (Fsp3) is 0.286. The quantitative estimate of drug-likeness (QED) is 0.794. The summed E-state index contributed by atoms with van der Waals surface area (Å²) in [7, 11) is -3.62. The topological polar surface area (TPSA) is 63.4 Å². The lowest BCUT2D eigenvalue weighted by Crippen LogP contribution is -2.36. The molecule has 0 saturated carbocycles. The van der Waals surface area contributed by atoms with Gasteiger partial charge in [0.2, 0.25) is 10.0 Å². The van der Waals surface area contributed by atoms with Crippen LogP contribution in [0.1, 0.15) is 18.7 Å². The van der Waals surface area contributed by atoms with E-state index >= 15 is 0 Å². The second-order valence-corrected chi connectivity index (χ2v) is 8.66. The lowest BCUT2D eigenvalue weighted by Gasteiger charge is -2.26. The van der Waals surface area contributed by atoms with Crippen molar-refractivity contribution < 1.29 is 8.42 Å². The van der Waals surface area contributed by atoms with Gasteiger partial charge in [0, 0.05) is 27.6 Å². The number of hydrogen-bond acceptors (Lipinski definition) is 4. The number of thiophene rings is 1. The molecule has 0 amide bonds. The maximum Gasteiger partial charge on any atom is 0.244 e. The van der Waals surface area contributed by atoms with E-state index in [-0.39, 0.29) is 10.9 Å². The van der Waals surface area contributed by atoms with E-state index in [1.807, 2.05) is 31.4 Å². The predicted molar refractivity (Wildman–Crippen MR) is 90.7 cm³/mol. The zero-order chi connectivity index (χ0) is 15.6. The van der Waals surface area contributed by atoms with E-state index in [0.29, 0.717) is 16.7 Å². The third-order valence-corrected chi connectivity index (χ3v) is 6.89. The number of anilines is 1. The van der Waals surface area contributed by atoms with Gasteiger partial charge in [0.05, 0.1) is 4.90 Å². The van der Waals surface area contributed by atoms with Gasteiger partial charge < -0.3 is 5.73 Å². The number of benzene rings is 1. The Hall–Kier alpha value is -0.890. The summed E-state index contributed by atoms with van der Waals surface area (Å²) in [6.45, 7) is 4.09. The number of rotatable bonds is 5. The highest BCUT2D eigenvalue weighted by molar-refractivity contribution is 9.10. The normalized spacial score (nSPS) is 12.2. The summed E-state index contributed by atoms with van der Waals surface area (Å²) in [5.41, 5.74) is 6.16. The van der Waals surface area contributed by atoms with Crippen LogP contribution in [0.5, 0.6) is 0 Å². The van der Waals surface area contributed by atoms with E-state index in [0.717, 1.165) is 4.88 Å². The van der Waals surface area contributed by atoms with Crippen molar-refractivity contribution in [3.63, 3.8) is 0 Å². The van der Waals surface area contributed by atoms with Gasteiger partial charge in [0.25, 0.3) is 0 Å². The zero-order valence-corrected chi connectivity index (χ0v) is 15.0. The van der Waals surface area contributed by atoms with Crippen molar-refractivity contribution in [3.8, 4) is 0 Å². The van der Waals surface area contributed by atoms with Gasteiger partial charge in [0.1, 0.15) is 0 Å². The highest BCUT2D eigenvalue weighted by Crippen LogP contribution is 2.29. The van der Waals surface area contributed by atoms with Gasteiger partial charge >= 0.3 is 0 Å². The van der Waals surface area contributed by atoms with Gasteiger partial charge in [-0.15, -0.1) is 11.3 Å². The maximum atomic E-state index is 12.9. The molecular formula is C14H17BrN2O2S2. The standard InChI is InChI=1S/C14H17BrN2O2S2/c1-10(2)17(9-12-4-3-7-20-12)21(18,19)14-8-11(16)5-6-13(14)15/h3-8,10H,9,16H2,1-2H3. The van der Waals surface area contributed by atoms with Crippen LogP contribution in [0.2, 0.25) is 0 Å². The third-order valence-electron chi connectivity index (χ3n) is 3.01. The Morgan fingerprint density at radius 2 is 2.05 bits per heavy atom. The molecule has 2 aromatic rings. The van der Waals surface area contributed by atoms with E-state index in [1.165, 1.54) is 10.4 Å². The van der Waals surface area contributed by atoms with Crippen LogP contribution in [-0.4, -0.2) is 18.8 Å². The van der Waals surface area contributed by atoms with Crippen LogP contribution in [0, 0.1) is 0 Å². The molecule has 0 unspecified atom stereocenters. The van der Waals surface area contributed by atoms with Crippen LogP contribution < -0.4 is 5.73 Å². The third kappa shape index (κ3) is 3.66. The Kier molecular flexibility index (Phi) is 5.08. The minimum absolute atomic E-state index is 0.148. The molecule has 0 atom stereocenters. The average molecular weight is 389 g/mol. The average Bonchev–Trinajstić information content (AvgIpc) is 2.91. The summed E-state index contributed by atoms with van der Waals surface area (Å²) in [6.07, 6.45) is 0. The molecule has 0 aliphatic rings. The second-order valence-electron chi connectivity index (χ2n) is 4.91. The molecule has 2 rings (SSSR count). The number of nitrogen functional groups attached to an aromatic ring is 1. The van der Waals surface area contributed by atoms with Crippen LogP contribution >= 0.6 is 27.3 Å². The van der Waals surface area contributed by atoms with Crippen molar-refractivity contribution in [2.75, 3.05) is 5.73 Å². The number of halogens is 1. The summed E-state index contributed by atoms with van der Waals surface area (Å²) in [5.74, 6) is 0. The molecule has 2 N–H and O–H groups in total. The number of nitrogens with zero attached hydrogens (tertiary/aromatic N) is 1. The molecule has 0 aliphatic carbocycles. The molecule has 1 aromatic carbocycles. The van der Waals surface area contributed by atoms with Crippen molar-refractivity contribution in [1.29, 1.82) is 0 Å². The minimum atomic E-state index is -3.62. The number of hydrogen-bond donors (Lipinski definition) is 1. The fourth-order valence-electron chi connectivity index (χ4n) is 1.95. The molecule has 1 aromatic heterocycles. The fourth-order valence-corrected chi connectivity index (χ4v) is 5.31. The molecule has 0 aliphatic heterocycles. The van der Waals surface area contributed by atoms with Crippen molar-refractivity contribution in [2.24, 2.45) is 0 Å². The molecule has 114 valence electrons. The highest BCUT2D eigenvalue weighted by atomic mass is 79.9. The summed E-state index contributed by atoms with van der Waals surface area (Å²) in [5, 5.41) is 1.94. The number of sulfonamides is 1. The summed E-state index contributed by atoms with van der Waals surface area (Å²) in [4.78, 5) is 1.21. The van der Waals surface area contributed by atoms with Crippen LogP contribution in [0.15, 0.2) is 45.1 Å². The first-order chi connectivity index (χ1) is 9.82. The van der Waals surface area contributed by atoms with Crippen LogP contribution in [0.3, 0.4) is 0 Å². The van der Waals surface area contributed by atoms with Crippen molar-refractivity contribution in [1.82, 2.24) is 4.31 Å². The summed E-state index contributed by atoms with van der Waals surface area (Å²) in [6, 6.07) is 8.52. The molecule has 0 radical (unpaired) electrons. The van der Waals surface area contributed by atoms with Gasteiger partial charge in [-0.1, -0.05) is 6.07 Å². The molecular weight excluding hydrogens is 372 g/mol. The zero-order valence-electron chi connectivity index (χ0n) is 11.8. The number of nitrogens with two attached hydrogens (primary N) is 1. The molecule has 0 bridgehead atoms. The first-order valence-corrected chi connectivity index (χ1v) is 9.53. The first kappa shape index (κ1) is 16.5. The van der Waals surface area contributed by atoms with Crippen LogP contribution in [0.25, 0.3) is 0 Å². The monoisotopic (exact) mass is 388 g/mol. The van der Waals surface area contributed by atoms with Crippen molar-refractivity contribution >= 4 is 43.0 Å². The van der Waals surface area contributed by atoms with E-state index in [9.17, 15) is 8.42 Å². The van der Waals surface area contributed by atoms with Gasteiger partial charge in [-0.05, 0) is 59.4 Å². The Labute approximate surface area is 137 Å². The predicted octanol–water partition coefficient (Wildman–Crippen LogP) is 3.69. The Balaban J connectivity index is 2.45. The molecule has 21 heavy (non-hydrogen) atoms. The van der Waals surface area contributed by atoms with Gasteiger partial charge in [-0.2, -0.15) is 4.31 Å². The van der Waals surface area contributed by atoms with E-state index in [1.54, 1.807) is 23.5 Å². The van der Waals surface area contributed by atoms with Crippen LogP contribution in [0.4, 0.5) is 5.69 Å². The van der Waals surface area contributed by atoms with E-state index in [4.69, 9.17) is 5.73 Å². The Bertz CT molecular complexity index is 713. The molecule has 0 saturated heterocycles. The first-order valence-electron chi connectivity index (χ1n) is 6.41. The smallest absolute Gasteiger partial charge is 0.244 e. The van der Waals surface area contributed by atoms with Crippen molar-refractivity contribution in [2.45, 2.75) is 31.3 Å². The summed E-state index contributed by atoms with van der Waals surface area (Å²) >= 11 is 4.85. The summed E-state index contributed by atoms with van der Waals surface area (Å²) < 4.78 is 27.8. The van der Waals surface area contributed by atoms with Crippen molar-refractivity contribution in [3.05, 3.63) is 45.1 Å². The van der Waals surface area contributed by atoms with Gasteiger partial charge in [-0.3, -0.25) is 0 Å². The maximum absolute atomic E-state index is 12.9. The highest BCUT2D eigenvalue weighted by Gasteiger charge is 2.29. The van der Waals surface area contributed by atoms with Gasteiger partial charge in [-0.25, -0.2) is 8.42 Å². The van der Waals surface area contributed by atoms with E-state index < -0.39 is 10.0 Å².